The van der Waals surface area contributed by atoms with Crippen molar-refractivity contribution in [3.63, 3.8) is 0 Å². The molecule has 112 valence electrons. The summed E-state index contributed by atoms with van der Waals surface area (Å²) in [7, 11) is 0. The molecule has 1 aliphatic carbocycles. The molecule has 0 spiro atoms. The zero-order chi connectivity index (χ0) is 15.1. The first-order valence-corrected chi connectivity index (χ1v) is 7.70. The summed E-state index contributed by atoms with van der Waals surface area (Å²) in [4.78, 5) is 12.4. The number of hydrogen-bond acceptors (Lipinski definition) is 2. The Morgan fingerprint density at radius 2 is 2.05 bits per heavy atom. The molecule has 1 N–H and O–H groups in total. The number of halogens is 1. The van der Waals surface area contributed by atoms with Crippen molar-refractivity contribution < 1.29 is 9.21 Å². The van der Waals surface area contributed by atoms with Crippen LogP contribution >= 0.6 is 11.6 Å². The lowest BCUT2D eigenvalue weighted by molar-refractivity contribution is 0.0942. The van der Waals surface area contributed by atoms with Gasteiger partial charge in [-0.05, 0) is 30.5 Å². The van der Waals surface area contributed by atoms with Crippen LogP contribution in [-0.2, 0) is 6.54 Å². The van der Waals surface area contributed by atoms with E-state index in [2.05, 4.69) is 5.32 Å². The second-order valence-electron chi connectivity index (χ2n) is 5.66. The molecular formula is C17H15ClN2O2. The smallest absolute Gasteiger partial charge is 0.268 e. The molecule has 3 aromatic rings. The number of nitrogens with one attached hydrogen (secondary N) is 1. The topological polar surface area (TPSA) is 47.2 Å². The highest BCUT2D eigenvalue weighted by Gasteiger charge is 2.26. The lowest BCUT2D eigenvalue weighted by Crippen LogP contribution is -2.27. The summed E-state index contributed by atoms with van der Waals surface area (Å²) in [6.45, 7) is 0.605. The van der Waals surface area contributed by atoms with Gasteiger partial charge in [-0.25, -0.2) is 0 Å². The number of benzene rings is 1. The second kappa shape index (κ2) is 5.21. The average molecular weight is 315 g/mol. The van der Waals surface area contributed by atoms with Crippen LogP contribution in [-0.4, -0.2) is 16.5 Å². The van der Waals surface area contributed by atoms with Crippen LogP contribution in [0.25, 0.3) is 11.1 Å². The van der Waals surface area contributed by atoms with E-state index in [1.54, 1.807) is 6.26 Å². The molecule has 0 bridgehead atoms. The Morgan fingerprint density at radius 1 is 1.27 bits per heavy atom. The Bertz CT molecular complexity index is 828. The van der Waals surface area contributed by atoms with Gasteiger partial charge in [-0.3, -0.25) is 4.79 Å². The third-order valence-electron chi connectivity index (χ3n) is 3.92. The number of amides is 1. The molecule has 1 fully saturated rings. The summed E-state index contributed by atoms with van der Waals surface area (Å²) < 4.78 is 7.43. The van der Waals surface area contributed by atoms with Gasteiger partial charge in [-0.15, -0.1) is 0 Å². The summed E-state index contributed by atoms with van der Waals surface area (Å²) in [6.07, 6.45) is 3.78. The molecule has 2 heterocycles. The first kappa shape index (κ1) is 13.5. The first-order chi connectivity index (χ1) is 10.7. The van der Waals surface area contributed by atoms with E-state index in [1.807, 2.05) is 41.0 Å². The number of rotatable bonds is 4. The third-order valence-corrected chi connectivity index (χ3v) is 4.17. The minimum absolute atomic E-state index is 0.0390. The van der Waals surface area contributed by atoms with Gasteiger partial charge in [0.1, 0.15) is 5.69 Å². The second-order valence-corrected chi connectivity index (χ2v) is 6.10. The minimum Gasteiger partial charge on any atom is -0.463 e. The number of nitrogens with zero attached hydrogens (tertiary/aromatic N) is 1. The van der Waals surface area contributed by atoms with Crippen LogP contribution in [0.2, 0.25) is 5.02 Å². The monoisotopic (exact) mass is 314 g/mol. The van der Waals surface area contributed by atoms with Crippen LogP contribution < -0.4 is 5.32 Å². The molecule has 1 aromatic carbocycles. The zero-order valence-corrected chi connectivity index (χ0v) is 12.6. The van der Waals surface area contributed by atoms with Gasteiger partial charge in [-0.2, -0.15) is 0 Å². The number of furan rings is 1. The SMILES string of the molecule is O=C(NC1CC1)c1cc2occc2n1Cc1ccc(Cl)cc1. The fourth-order valence-corrected chi connectivity index (χ4v) is 2.72. The molecule has 0 atom stereocenters. The molecule has 4 rings (SSSR count). The summed E-state index contributed by atoms with van der Waals surface area (Å²) >= 11 is 5.93. The van der Waals surface area contributed by atoms with Crippen molar-refractivity contribution in [2.75, 3.05) is 0 Å². The maximum Gasteiger partial charge on any atom is 0.268 e. The largest absolute Gasteiger partial charge is 0.463 e. The highest BCUT2D eigenvalue weighted by Crippen LogP contribution is 2.25. The molecule has 1 aliphatic rings. The maximum atomic E-state index is 12.4. The Morgan fingerprint density at radius 3 is 2.77 bits per heavy atom. The third kappa shape index (κ3) is 2.50. The van der Waals surface area contributed by atoms with Crippen LogP contribution in [0.3, 0.4) is 0 Å². The predicted molar refractivity (Wildman–Crippen MR) is 85.2 cm³/mol. The molecule has 0 aliphatic heterocycles. The molecule has 2 aromatic heterocycles. The van der Waals surface area contributed by atoms with E-state index in [0.717, 1.165) is 29.5 Å². The van der Waals surface area contributed by atoms with E-state index >= 15 is 0 Å². The Balaban J connectivity index is 1.71. The van der Waals surface area contributed by atoms with E-state index in [-0.39, 0.29) is 5.91 Å². The quantitative estimate of drug-likeness (QED) is 0.795. The molecule has 1 amide bonds. The van der Waals surface area contributed by atoms with E-state index in [0.29, 0.717) is 23.3 Å². The number of carbonyl (C=O) groups excluding carboxylic acids is 1. The summed E-state index contributed by atoms with van der Waals surface area (Å²) in [5.41, 5.74) is 3.38. The fourth-order valence-electron chi connectivity index (χ4n) is 2.59. The normalized spacial score (nSPS) is 14.4. The summed E-state index contributed by atoms with van der Waals surface area (Å²) in [5, 5.41) is 3.74. The van der Waals surface area contributed by atoms with Crippen LogP contribution in [0.1, 0.15) is 28.9 Å². The molecule has 4 nitrogen and oxygen atoms in total. The van der Waals surface area contributed by atoms with Crippen molar-refractivity contribution in [1.82, 2.24) is 9.88 Å². The Labute approximate surface area is 132 Å². The molecule has 0 unspecified atom stereocenters. The molecule has 1 saturated carbocycles. The van der Waals surface area contributed by atoms with E-state index in [1.165, 1.54) is 0 Å². The maximum absolute atomic E-state index is 12.4. The van der Waals surface area contributed by atoms with Crippen LogP contribution in [0.4, 0.5) is 0 Å². The first-order valence-electron chi connectivity index (χ1n) is 7.33. The molecule has 0 saturated heterocycles. The van der Waals surface area contributed by atoms with Crippen LogP contribution in [0, 0.1) is 0 Å². The van der Waals surface area contributed by atoms with Crippen molar-refractivity contribution in [2.24, 2.45) is 0 Å². The Hall–Kier alpha value is -2.20. The zero-order valence-electron chi connectivity index (χ0n) is 11.9. The van der Waals surface area contributed by atoms with E-state index in [4.69, 9.17) is 16.0 Å². The van der Waals surface area contributed by atoms with Gasteiger partial charge in [0, 0.05) is 29.7 Å². The van der Waals surface area contributed by atoms with Crippen LogP contribution in [0.15, 0.2) is 47.1 Å². The standard InChI is InChI=1S/C17H15ClN2O2/c18-12-3-1-11(2-4-12)10-20-14-7-8-22-16(14)9-15(20)17(21)19-13-5-6-13/h1-4,7-9,13H,5-6,10H2,(H,19,21). The molecule has 5 heteroatoms. The number of aromatic nitrogens is 1. The van der Waals surface area contributed by atoms with Gasteiger partial charge in [0.05, 0.1) is 11.8 Å². The van der Waals surface area contributed by atoms with Crippen LogP contribution in [0.5, 0.6) is 0 Å². The highest BCUT2D eigenvalue weighted by molar-refractivity contribution is 6.30. The van der Waals surface area contributed by atoms with Crippen molar-refractivity contribution in [3.8, 4) is 0 Å². The van der Waals surface area contributed by atoms with E-state index in [9.17, 15) is 4.79 Å². The molecule has 22 heavy (non-hydrogen) atoms. The number of fused-ring (bicyclic) bond motifs is 1. The van der Waals surface area contributed by atoms with E-state index < -0.39 is 0 Å². The fraction of sp³-hybridized carbons (Fsp3) is 0.235. The van der Waals surface area contributed by atoms with Gasteiger partial charge in [0.2, 0.25) is 0 Å². The van der Waals surface area contributed by atoms with Crippen molar-refractivity contribution in [1.29, 1.82) is 0 Å². The van der Waals surface area contributed by atoms with Gasteiger partial charge in [-0.1, -0.05) is 23.7 Å². The van der Waals surface area contributed by atoms with Gasteiger partial charge in [0.15, 0.2) is 5.58 Å². The summed E-state index contributed by atoms with van der Waals surface area (Å²) in [6, 6.07) is 11.7. The van der Waals surface area contributed by atoms with Gasteiger partial charge < -0.3 is 14.3 Å². The highest BCUT2D eigenvalue weighted by atomic mass is 35.5. The summed E-state index contributed by atoms with van der Waals surface area (Å²) in [5.74, 6) is -0.0390. The van der Waals surface area contributed by atoms with Gasteiger partial charge in [0.25, 0.3) is 5.91 Å². The van der Waals surface area contributed by atoms with Gasteiger partial charge >= 0.3 is 0 Å². The molecular weight excluding hydrogens is 300 g/mol. The Kier molecular flexibility index (Phi) is 3.19. The number of carbonyl (C=O) groups is 1. The average Bonchev–Trinajstić information content (AvgIpc) is 3.08. The lowest BCUT2D eigenvalue weighted by Gasteiger charge is -2.10. The minimum atomic E-state index is -0.0390. The predicted octanol–water partition coefficient (Wildman–Crippen LogP) is 3.83. The van der Waals surface area contributed by atoms with Crippen molar-refractivity contribution >= 4 is 28.6 Å². The number of hydrogen-bond donors (Lipinski definition) is 1. The van der Waals surface area contributed by atoms with Crippen molar-refractivity contribution in [3.05, 3.63) is 58.9 Å². The van der Waals surface area contributed by atoms with Crippen molar-refractivity contribution in [2.45, 2.75) is 25.4 Å². The lowest BCUT2D eigenvalue weighted by atomic mass is 10.2. The molecule has 0 radical (unpaired) electrons.